The van der Waals surface area contributed by atoms with Crippen LogP contribution in [-0.4, -0.2) is 46.0 Å². The first kappa shape index (κ1) is 18.1. The highest BCUT2D eigenvalue weighted by Gasteiger charge is 2.21. The van der Waals surface area contributed by atoms with Crippen LogP contribution in [0.2, 0.25) is 0 Å². The molecule has 0 bridgehead atoms. The van der Waals surface area contributed by atoms with Gasteiger partial charge in [-0.25, -0.2) is 13.1 Å². The molecule has 6 heteroatoms. The molecule has 0 spiro atoms. The average molecular weight is 313 g/mol. The summed E-state index contributed by atoms with van der Waals surface area (Å²) < 4.78 is 27.9. The van der Waals surface area contributed by atoms with Crippen LogP contribution in [0, 0.1) is 0 Å². The highest BCUT2D eigenvalue weighted by molar-refractivity contribution is 7.89. The number of rotatable bonds is 9. The third-order valence-electron chi connectivity index (χ3n) is 3.41. The number of nitrogens with zero attached hydrogens (tertiary/aromatic N) is 1. The zero-order chi connectivity index (χ0) is 15.9. The van der Waals surface area contributed by atoms with Crippen LogP contribution in [0.5, 0.6) is 0 Å². The third kappa shape index (κ3) is 5.39. The number of sulfonamides is 1. The molecule has 0 heterocycles. The number of nitrogens with one attached hydrogen (secondary N) is 2. The van der Waals surface area contributed by atoms with E-state index in [0.717, 1.165) is 18.7 Å². The van der Waals surface area contributed by atoms with Crippen molar-refractivity contribution in [2.24, 2.45) is 0 Å². The van der Waals surface area contributed by atoms with Gasteiger partial charge in [0.05, 0.1) is 4.90 Å². The summed E-state index contributed by atoms with van der Waals surface area (Å²) in [5.74, 6) is 0. The summed E-state index contributed by atoms with van der Waals surface area (Å²) in [5.41, 5.74) is 0.780. The van der Waals surface area contributed by atoms with Gasteiger partial charge in [0.2, 0.25) is 10.0 Å². The van der Waals surface area contributed by atoms with E-state index in [2.05, 4.69) is 28.8 Å². The maximum Gasteiger partial charge on any atom is 0.241 e. The van der Waals surface area contributed by atoms with Crippen molar-refractivity contribution in [1.29, 1.82) is 0 Å². The van der Waals surface area contributed by atoms with Crippen molar-refractivity contribution in [3.8, 4) is 0 Å². The minimum Gasteiger partial charge on any atom is -0.316 e. The van der Waals surface area contributed by atoms with Crippen molar-refractivity contribution in [3.63, 3.8) is 0 Å². The Hall–Kier alpha value is -0.950. The van der Waals surface area contributed by atoms with E-state index < -0.39 is 10.0 Å². The van der Waals surface area contributed by atoms with Gasteiger partial charge in [0.15, 0.2) is 0 Å². The van der Waals surface area contributed by atoms with Crippen LogP contribution in [0.3, 0.4) is 0 Å². The van der Waals surface area contributed by atoms with Gasteiger partial charge in [-0.2, -0.15) is 0 Å². The van der Waals surface area contributed by atoms with Crippen molar-refractivity contribution in [3.05, 3.63) is 29.8 Å². The Bertz CT molecular complexity index is 527. The Morgan fingerprint density at radius 1 is 1.19 bits per heavy atom. The Labute approximate surface area is 128 Å². The van der Waals surface area contributed by atoms with E-state index in [1.165, 1.54) is 0 Å². The van der Waals surface area contributed by atoms with Crippen LogP contribution < -0.4 is 10.0 Å². The summed E-state index contributed by atoms with van der Waals surface area (Å²) in [7, 11) is -1.69. The van der Waals surface area contributed by atoms with Gasteiger partial charge in [0.1, 0.15) is 0 Å². The summed E-state index contributed by atoms with van der Waals surface area (Å²) in [5, 5.41) is 3.00. The van der Waals surface area contributed by atoms with Gasteiger partial charge in [-0.1, -0.05) is 32.0 Å². The molecule has 0 radical (unpaired) electrons. The van der Waals surface area contributed by atoms with E-state index in [-0.39, 0.29) is 6.04 Å². The molecule has 1 aromatic carbocycles. The Kier molecular flexibility index (Phi) is 7.31. The van der Waals surface area contributed by atoms with Gasteiger partial charge in [0, 0.05) is 19.1 Å². The van der Waals surface area contributed by atoms with E-state index in [4.69, 9.17) is 0 Å². The molecule has 1 atom stereocenters. The van der Waals surface area contributed by atoms with Gasteiger partial charge in [-0.05, 0) is 38.7 Å². The van der Waals surface area contributed by atoms with Crippen molar-refractivity contribution < 1.29 is 8.42 Å². The molecule has 1 unspecified atom stereocenters. The fourth-order valence-electron chi connectivity index (χ4n) is 2.34. The Balaban J connectivity index is 2.86. The zero-order valence-electron chi connectivity index (χ0n) is 13.4. The van der Waals surface area contributed by atoms with E-state index in [1.54, 1.807) is 19.2 Å². The number of likely N-dealkylation sites (N-methyl/N-ethyl adjacent to an activating group) is 1. The SMILES string of the molecule is CCN(CC)CC(C)NS(=O)(=O)c1ccccc1CNC. The Morgan fingerprint density at radius 3 is 2.38 bits per heavy atom. The summed E-state index contributed by atoms with van der Waals surface area (Å²) >= 11 is 0. The first-order chi connectivity index (χ1) is 9.94. The minimum absolute atomic E-state index is 0.127. The fourth-order valence-corrected chi connectivity index (χ4v) is 3.81. The smallest absolute Gasteiger partial charge is 0.241 e. The molecule has 0 saturated carbocycles. The topological polar surface area (TPSA) is 61.4 Å². The van der Waals surface area contributed by atoms with Gasteiger partial charge in [-0.15, -0.1) is 0 Å². The maximum absolute atomic E-state index is 12.5. The molecular weight excluding hydrogens is 286 g/mol. The molecule has 21 heavy (non-hydrogen) atoms. The highest BCUT2D eigenvalue weighted by atomic mass is 32.2. The van der Waals surface area contributed by atoms with Crippen LogP contribution >= 0.6 is 0 Å². The van der Waals surface area contributed by atoms with Gasteiger partial charge >= 0.3 is 0 Å². The summed E-state index contributed by atoms with van der Waals surface area (Å²) in [4.78, 5) is 2.55. The minimum atomic E-state index is -3.49. The third-order valence-corrected chi connectivity index (χ3v) is 5.10. The first-order valence-corrected chi connectivity index (χ1v) is 8.90. The van der Waals surface area contributed by atoms with Crippen molar-refractivity contribution in [2.75, 3.05) is 26.7 Å². The van der Waals surface area contributed by atoms with E-state index in [9.17, 15) is 8.42 Å². The lowest BCUT2D eigenvalue weighted by Crippen LogP contribution is -2.42. The molecule has 2 N–H and O–H groups in total. The molecule has 0 amide bonds. The number of benzene rings is 1. The average Bonchev–Trinajstić information content (AvgIpc) is 2.45. The lowest BCUT2D eigenvalue weighted by Gasteiger charge is -2.23. The van der Waals surface area contributed by atoms with Crippen LogP contribution in [-0.2, 0) is 16.6 Å². The summed E-state index contributed by atoms with van der Waals surface area (Å²) in [6.45, 7) is 9.12. The molecule has 120 valence electrons. The molecule has 0 fully saturated rings. The first-order valence-electron chi connectivity index (χ1n) is 7.41. The fraction of sp³-hybridized carbons (Fsp3) is 0.600. The van der Waals surface area contributed by atoms with Gasteiger partial charge < -0.3 is 10.2 Å². The molecule has 1 rings (SSSR count). The van der Waals surface area contributed by atoms with Crippen LogP contribution in [0.4, 0.5) is 0 Å². The largest absolute Gasteiger partial charge is 0.316 e. The molecule has 0 aliphatic rings. The zero-order valence-corrected chi connectivity index (χ0v) is 14.2. The highest BCUT2D eigenvalue weighted by Crippen LogP contribution is 2.15. The lowest BCUT2D eigenvalue weighted by atomic mass is 10.2. The Morgan fingerprint density at radius 2 is 1.81 bits per heavy atom. The van der Waals surface area contributed by atoms with Crippen LogP contribution in [0.25, 0.3) is 0 Å². The predicted molar refractivity (Wildman–Crippen MR) is 86.8 cm³/mol. The standard InChI is InChI=1S/C15H27N3O2S/c1-5-18(6-2)12-13(3)17-21(19,20)15-10-8-7-9-14(15)11-16-4/h7-10,13,16-17H,5-6,11-12H2,1-4H3. The second kappa shape index (κ2) is 8.48. The monoisotopic (exact) mass is 313 g/mol. The van der Waals surface area contributed by atoms with Crippen molar-refractivity contribution >= 4 is 10.0 Å². The number of hydrogen-bond acceptors (Lipinski definition) is 4. The van der Waals surface area contributed by atoms with Crippen LogP contribution in [0.1, 0.15) is 26.3 Å². The molecule has 0 aliphatic heterocycles. The summed E-state index contributed by atoms with van der Waals surface area (Å²) in [6.07, 6.45) is 0. The van der Waals surface area contributed by atoms with Crippen molar-refractivity contribution in [1.82, 2.24) is 14.9 Å². The molecule has 5 nitrogen and oxygen atoms in total. The lowest BCUT2D eigenvalue weighted by molar-refractivity contribution is 0.282. The molecule has 0 aliphatic carbocycles. The number of hydrogen-bond donors (Lipinski definition) is 2. The van der Waals surface area contributed by atoms with Gasteiger partial charge in [0.25, 0.3) is 0 Å². The maximum atomic E-state index is 12.5. The molecule has 0 aromatic heterocycles. The molecule has 0 saturated heterocycles. The van der Waals surface area contributed by atoms with Crippen LogP contribution in [0.15, 0.2) is 29.2 Å². The van der Waals surface area contributed by atoms with E-state index in [0.29, 0.717) is 18.0 Å². The second-order valence-electron chi connectivity index (χ2n) is 5.15. The van der Waals surface area contributed by atoms with E-state index in [1.807, 2.05) is 19.1 Å². The predicted octanol–water partition coefficient (Wildman–Crippen LogP) is 1.41. The second-order valence-corrected chi connectivity index (χ2v) is 6.83. The normalized spacial score (nSPS) is 13.6. The molecular formula is C15H27N3O2S. The quantitative estimate of drug-likeness (QED) is 0.724. The molecule has 1 aromatic rings. The van der Waals surface area contributed by atoms with Crippen molar-refractivity contribution in [2.45, 2.75) is 38.3 Å². The van der Waals surface area contributed by atoms with E-state index >= 15 is 0 Å². The summed E-state index contributed by atoms with van der Waals surface area (Å²) in [6, 6.07) is 6.96. The van der Waals surface area contributed by atoms with Gasteiger partial charge in [-0.3, -0.25) is 0 Å².